The van der Waals surface area contributed by atoms with Crippen molar-refractivity contribution in [1.29, 1.82) is 0 Å². The minimum absolute atomic E-state index is 0.0878. The normalized spacial score (nSPS) is 20.0. The number of benzene rings is 1. The number of rotatable bonds is 4. The van der Waals surface area contributed by atoms with Gasteiger partial charge in [0.25, 0.3) is 0 Å². The molecule has 1 fully saturated rings. The van der Waals surface area contributed by atoms with Gasteiger partial charge < -0.3 is 20.1 Å². The second-order valence-electron chi connectivity index (χ2n) is 5.80. The lowest BCUT2D eigenvalue weighted by atomic mass is 9.99. The summed E-state index contributed by atoms with van der Waals surface area (Å²) in [6, 6.07) is 5.44. The van der Waals surface area contributed by atoms with Crippen LogP contribution in [-0.2, 0) is 9.59 Å². The van der Waals surface area contributed by atoms with Crippen LogP contribution < -0.4 is 15.2 Å². The first-order valence-corrected chi connectivity index (χ1v) is 7.80. The fraction of sp³-hybridized carbons (Fsp3) is 0.412. The zero-order valence-electron chi connectivity index (χ0n) is 12.9. The first kappa shape index (κ1) is 15.4. The van der Waals surface area contributed by atoms with E-state index in [0.29, 0.717) is 18.0 Å². The summed E-state index contributed by atoms with van der Waals surface area (Å²) in [6.45, 7) is 0.895. The van der Waals surface area contributed by atoms with E-state index in [1.54, 1.807) is 11.0 Å². The second kappa shape index (κ2) is 6.73. The molecule has 122 valence electrons. The van der Waals surface area contributed by atoms with E-state index < -0.39 is 0 Å². The number of hydrogen-bond donors (Lipinski definition) is 1. The van der Waals surface area contributed by atoms with E-state index in [1.165, 1.54) is 6.08 Å². The number of carbonyl (C=O) groups is 2. The van der Waals surface area contributed by atoms with Gasteiger partial charge in [-0.05, 0) is 43.0 Å². The Kier molecular flexibility index (Phi) is 4.50. The van der Waals surface area contributed by atoms with Crippen LogP contribution in [0.5, 0.6) is 11.5 Å². The molecule has 6 heteroatoms. The Morgan fingerprint density at radius 2 is 2.09 bits per heavy atom. The van der Waals surface area contributed by atoms with Crippen molar-refractivity contribution in [3.63, 3.8) is 0 Å². The number of nitrogens with two attached hydrogens (primary N) is 1. The number of ether oxygens (including phenoxy) is 2. The molecule has 3 rings (SSSR count). The molecule has 23 heavy (non-hydrogen) atoms. The van der Waals surface area contributed by atoms with E-state index in [-0.39, 0.29) is 31.1 Å². The Morgan fingerprint density at radius 1 is 1.26 bits per heavy atom. The summed E-state index contributed by atoms with van der Waals surface area (Å²) in [7, 11) is 0. The smallest absolute Gasteiger partial charge is 0.246 e. The van der Waals surface area contributed by atoms with Crippen LogP contribution in [-0.4, -0.2) is 36.1 Å². The van der Waals surface area contributed by atoms with Crippen molar-refractivity contribution in [2.45, 2.75) is 31.7 Å². The number of nitrogens with zero attached hydrogens (tertiary/aromatic N) is 1. The van der Waals surface area contributed by atoms with E-state index >= 15 is 0 Å². The van der Waals surface area contributed by atoms with Crippen molar-refractivity contribution < 1.29 is 19.1 Å². The van der Waals surface area contributed by atoms with Crippen molar-refractivity contribution in [2.75, 3.05) is 13.3 Å². The van der Waals surface area contributed by atoms with Gasteiger partial charge >= 0.3 is 0 Å². The molecule has 0 bridgehead atoms. The zero-order valence-corrected chi connectivity index (χ0v) is 12.9. The van der Waals surface area contributed by atoms with Gasteiger partial charge in [0.2, 0.25) is 18.6 Å². The van der Waals surface area contributed by atoms with Crippen LogP contribution in [0.4, 0.5) is 0 Å². The third kappa shape index (κ3) is 3.64. The van der Waals surface area contributed by atoms with Crippen LogP contribution in [0.1, 0.15) is 31.2 Å². The average Bonchev–Trinajstić information content (AvgIpc) is 3.00. The van der Waals surface area contributed by atoms with E-state index in [2.05, 4.69) is 0 Å². The Labute approximate surface area is 134 Å². The number of fused-ring (bicyclic) bond motifs is 1. The Bertz CT molecular complexity index is 641. The molecule has 0 aromatic heterocycles. The standard InChI is InChI=1S/C17H20N2O4/c18-16(20)10-13-3-1-2-8-19(13)17(21)7-5-12-4-6-14-15(9-12)23-11-22-14/h4-7,9,13H,1-3,8,10-11H2,(H2,18,20)/b7-5+. The molecule has 1 saturated heterocycles. The number of amides is 2. The first-order chi connectivity index (χ1) is 11.1. The fourth-order valence-corrected chi connectivity index (χ4v) is 3.02. The van der Waals surface area contributed by atoms with Crippen molar-refractivity contribution in [1.82, 2.24) is 4.90 Å². The van der Waals surface area contributed by atoms with Gasteiger partial charge in [0, 0.05) is 25.1 Å². The summed E-state index contributed by atoms with van der Waals surface area (Å²) >= 11 is 0. The van der Waals surface area contributed by atoms with E-state index in [1.807, 2.05) is 18.2 Å². The zero-order chi connectivity index (χ0) is 16.2. The number of primary amides is 1. The van der Waals surface area contributed by atoms with Crippen molar-refractivity contribution in [3.8, 4) is 11.5 Å². The van der Waals surface area contributed by atoms with Crippen LogP contribution in [0.3, 0.4) is 0 Å². The summed E-state index contributed by atoms with van der Waals surface area (Å²) in [4.78, 5) is 25.3. The molecule has 0 aliphatic carbocycles. The predicted octanol–water partition coefficient (Wildman–Crippen LogP) is 1.68. The molecule has 1 aromatic rings. The molecular formula is C17H20N2O4. The molecule has 2 amide bonds. The molecule has 1 aromatic carbocycles. The van der Waals surface area contributed by atoms with Crippen LogP contribution in [0.15, 0.2) is 24.3 Å². The maximum atomic E-state index is 12.4. The molecular weight excluding hydrogens is 296 g/mol. The molecule has 0 saturated carbocycles. The molecule has 6 nitrogen and oxygen atoms in total. The highest BCUT2D eigenvalue weighted by atomic mass is 16.7. The SMILES string of the molecule is NC(=O)CC1CCCCN1C(=O)/C=C/c1ccc2c(c1)OCO2. The van der Waals surface area contributed by atoms with Gasteiger partial charge in [-0.3, -0.25) is 9.59 Å². The van der Waals surface area contributed by atoms with Crippen molar-refractivity contribution in [3.05, 3.63) is 29.8 Å². The van der Waals surface area contributed by atoms with Crippen LogP contribution >= 0.6 is 0 Å². The van der Waals surface area contributed by atoms with Crippen LogP contribution in [0.2, 0.25) is 0 Å². The summed E-state index contributed by atoms with van der Waals surface area (Å²) in [5, 5.41) is 0. The number of carbonyl (C=O) groups excluding carboxylic acids is 2. The van der Waals surface area contributed by atoms with Crippen molar-refractivity contribution in [2.24, 2.45) is 5.73 Å². The largest absolute Gasteiger partial charge is 0.454 e. The lowest BCUT2D eigenvalue weighted by molar-refractivity contribution is -0.130. The van der Waals surface area contributed by atoms with Crippen LogP contribution in [0.25, 0.3) is 6.08 Å². The Morgan fingerprint density at radius 3 is 2.91 bits per heavy atom. The fourth-order valence-electron chi connectivity index (χ4n) is 3.02. The summed E-state index contributed by atoms with van der Waals surface area (Å²) < 4.78 is 10.6. The summed E-state index contributed by atoms with van der Waals surface area (Å²) in [5.74, 6) is 0.943. The lowest BCUT2D eigenvalue weighted by Gasteiger charge is -2.34. The van der Waals surface area contributed by atoms with Gasteiger partial charge in [-0.15, -0.1) is 0 Å². The van der Waals surface area contributed by atoms with E-state index in [4.69, 9.17) is 15.2 Å². The van der Waals surface area contributed by atoms with Gasteiger partial charge in [-0.1, -0.05) is 6.07 Å². The molecule has 2 aliphatic rings. The Balaban J connectivity index is 1.68. The predicted molar refractivity (Wildman–Crippen MR) is 84.8 cm³/mol. The highest BCUT2D eigenvalue weighted by molar-refractivity contribution is 5.92. The first-order valence-electron chi connectivity index (χ1n) is 7.80. The minimum Gasteiger partial charge on any atom is -0.454 e. The molecule has 1 unspecified atom stereocenters. The van der Waals surface area contributed by atoms with Crippen LogP contribution in [0, 0.1) is 0 Å². The molecule has 0 spiro atoms. The van der Waals surface area contributed by atoms with Gasteiger partial charge in [-0.25, -0.2) is 0 Å². The molecule has 2 heterocycles. The van der Waals surface area contributed by atoms with Gasteiger partial charge in [0.15, 0.2) is 11.5 Å². The van der Waals surface area contributed by atoms with Gasteiger partial charge in [0.1, 0.15) is 0 Å². The number of piperidine rings is 1. The lowest BCUT2D eigenvalue weighted by Crippen LogP contribution is -2.44. The molecule has 2 N–H and O–H groups in total. The topological polar surface area (TPSA) is 81.9 Å². The number of hydrogen-bond acceptors (Lipinski definition) is 4. The molecule has 0 radical (unpaired) electrons. The van der Waals surface area contributed by atoms with Crippen molar-refractivity contribution >= 4 is 17.9 Å². The maximum Gasteiger partial charge on any atom is 0.246 e. The summed E-state index contributed by atoms with van der Waals surface area (Å²) in [5.41, 5.74) is 6.15. The second-order valence-corrected chi connectivity index (χ2v) is 5.80. The van der Waals surface area contributed by atoms with Gasteiger partial charge in [-0.2, -0.15) is 0 Å². The van der Waals surface area contributed by atoms with E-state index in [0.717, 1.165) is 24.8 Å². The average molecular weight is 316 g/mol. The minimum atomic E-state index is -0.366. The monoisotopic (exact) mass is 316 g/mol. The molecule has 2 aliphatic heterocycles. The highest BCUT2D eigenvalue weighted by Crippen LogP contribution is 2.32. The highest BCUT2D eigenvalue weighted by Gasteiger charge is 2.26. The number of likely N-dealkylation sites (tertiary alicyclic amines) is 1. The summed E-state index contributed by atoms with van der Waals surface area (Å²) in [6.07, 6.45) is 6.32. The van der Waals surface area contributed by atoms with Gasteiger partial charge in [0.05, 0.1) is 0 Å². The molecule has 1 atom stereocenters. The Hall–Kier alpha value is -2.50. The third-order valence-corrected chi connectivity index (χ3v) is 4.16. The third-order valence-electron chi connectivity index (χ3n) is 4.16. The van der Waals surface area contributed by atoms with E-state index in [9.17, 15) is 9.59 Å². The maximum absolute atomic E-state index is 12.4. The quantitative estimate of drug-likeness (QED) is 0.857.